The van der Waals surface area contributed by atoms with Crippen LogP contribution in [0.2, 0.25) is 0 Å². The molecule has 3 N–H and O–H groups in total. The second-order valence-corrected chi connectivity index (χ2v) is 12.2. The molecule has 2 fully saturated rings. The average Bonchev–Trinajstić information content (AvgIpc) is 3.42. The van der Waals surface area contributed by atoms with Crippen LogP contribution in [0.5, 0.6) is 0 Å². The first-order chi connectivity index (χ1) is 18.9. The third-order valence-corrected chi connectivity index (χ3v) is 8.41. The number of benzene rings is 1. The maximum Gasteiger partial charge on any atom is 0.408 e. The van der Waals surface area contributed by atoms with E-state index in [2.05, 4.69) is 10.6 Å². The predicted molar refractivity (Wildman–Crippen MR) is 146 cm³/mol. The first-order valence-corrected chi connectivity index (χ1v) is 14.4. The van der Waals surface area contributed by atoms with Gasteiger partial charge in [0.2, 0.25) is 11.8 Å². The molecule has 2 aliphatic carbocycles. The number of rotatable bonds is 11. The summed E-state index contributed by atoms with van der Waals surface area (Å²) in [6.45, 7) is 7.84. The molecule has 218 valence electrons. The highest BCUT2D eigenvalue weighted by atomic mass is 16.6. The number of carbonyl (C=O) groups excluding carboxylic acids is 4. The molecule has 0 aromatic heterocycles. The Hall–Kier alpha value is -3.43. The second kappa shape index (κ2) is 12.4. The molecule has 10 nitrogen and oxygen atoms in total. The van der Waals surface area contributed by atoms with Gasteiger partial charge in [0.15, 0.2) is 0 Å². The van der Waals surface area contributed by atoms with Crippen molar-refractivity contribution in [1.82, 2.24) is 15.5 Å². The summed E-state index contributed by atoms with van der Waals surface area (Å²) in [4.78, 5) is 65.9. The minimum absolute atomic E-state index is 0.0285. The molecule has 0 radical (unpaired) electrons. The van der Waals surface area contributed by atoms with Crippen molar-refractivity contribution in [2.75, 3.05) is 6.54 Å². The number of fused-ring (bicyclic) bond motifs is 1. The van der Waals surface area contributed by atoms with Crippen molar-refractivity contribution in [1.29, 1.82) is 0 Å². The van der Waals surface area contributed by atoms with Crippen molar-refractivity contribution < 1.29 is 33.8 Å². The van der Waals surface area contributed by atoms with Gasteiger partial charge in [-0.15, -0.1) is 0 Å². The molecule has 1 saturated heterocycles. The summed E-state index contributed by atoms with van der Waals surface area (Å²) in [7, 11) is 0. The van der Waals surface area contributed by atoms with Gasteiger partial charge in [-0.3, -0.25) is 14.4 Å². The van der Waals surface area contributed by atoms with E-state index in [1.807, 2.05) is 38.1 Å². The van der Waals surface area contributed by atoms with Crippen molar-refractivity contribution in [3.63, 3.8) is 0 Å². The second-order valence-electron chi connectivity index (χ2n) is 12.2. The van der Waals surface area contributed by atoms with Crippen LogP contribution in [0.1, 0.15) is 64.5 Å². The van der Waals surface area contributed by atoms with Crippen LogP contribution in [-0.2, 0) is 36.8 Å². The van der Waals surface area contributed by atoms with Gasteiger partial charge in [0.25, 0.3) is 5.78 Å². The van der Waals surface area contributed by atoms with E-state index in [-0.39, 0.29) is 42.1 Å². The molecule has 1 unspecified atom stereocenters. The van der Waals surface area contributed by atoms with E-state index in [1.165, 1.54) is 4.90 Å². The molecule has 1 aliphatic heterocycles. The number of hydrogen-bond acceptors (Lipinski definition) is 6. The van der Waals surface area contributed by atoms with Gasteiger partial charge in [-0.2, -0.15) is 0 Å². The van der Waals surface area contributed by atoms with E-state index >= 15 is 0 Å². The third-order valence-electron chi connectivity index (χ3n) is 8.41. The van der Waals surface area contributed by atoms with Gasteiger partial charge < -0.3 is 25.4 Å². The number of hydrogen-bond donors (Lipinski definition) is 3. The van der Waals surface area contributed by atoms with Crippen LogP contribution >= 0.6 is 0 Å². The molecule has 1 aromatic carbocycles. The molecule has 3 amide bonds. The highest BCUT2D eigenvalue weighted by Gasteiger charge is 2.46. The van der Waals surface area contributed by atoms with Gasteiger partial charge in [0, 0.05) is 6.54 Å². The minimum atomic E-state index is -1.58. The van der Waals surface area contributed by atoms with Crippen LogP contribution in [0.15, 0.2) is 24.3 Å². The lowest BCUT2D eigenvalue weighted by Gasteiger charge is -2.32. The van der Waals surface area contributed by atoms with Crippen molar-refractivity contribution in [3.8, 4) is 0 Å². The van der Waals surface area contributed by atoms with Crippen molar-refractivity contribution in [2.45, 2.75) is 90.4 Å². The monoisotopic (exact) mass is 555 g/mol. The summed E-state index contributed by atoms with van der Waals surface area (Å²) in [5.74, 6) is -3.33. The number of carboxylic acid groups (broad SMARTS) is 1. The molecule has 0 spiro atoms. The standard InChI is InChI=1S/C30H41N3O7/c1-16(2)22-14-24(27(35)31-23(11-18-9-10-18)26(34)29(37)38)33(15-22)28(36)25(32-30(39)40-17(3)4)21-12-19-7-5-6-8-20(19)13-21/h5-8,16-18,21-25H,9-15H2,1-4H3,(H,31,35)(H,32,39)(H,37,38)/t22-,23?,24+,25+/m1/s1. The zero-order valence-electron chi connectivity index (χ0n) is 23.7. The first-order valence-electron chi connectivity index (χ1n) is 14.4. The summed E-state index contributed by atoms with van der Waals surface area (Å²) in [6, 6.07) is 5.01. The average molecular weight is 556 g/mol. The van der Waals surface area contributed by atoms with E-state index < -0.39 is 41.9 Å². The highest BCUT2D eigenvalue weighted by molar-refractivity contribution is 6.35. The highest BCUT2D eigenvalue weighted by Crippen LogP contribution is 2.35. The lowest BCUT2D eigenvalue weighted by molar-refractivity contribution is -0.151. The van der Waals surface area contributed by atoms with E-state index in [4.69, 9.17) is 4.74 Å². The van der Waals surface area contributed by atoms with Crippen LogP contribution in [0.3, 0.4) is 0 Å². The molecule has 40 heavy (non-hydrogen) atoms. The quantitative estimate of drug-likeness (QED) is 0.357. The largest absolute Gasteiger partial charge is 0.475 e. The Morgan fingerprint density at radius 3 is 2.12 bits per heavy atom. The molecule has 10 heteroatoms. The van der Waals surface area contributed by atoms with Gasteiger partial charge >= 0.3 is 12.1 Å². The Balaban J connectivity index is 1.58. The first kappa shape index (κ1) is 29.6. The normalized spacial score (nSPS) is 22.1. The fraction of sp³-hybridized carbons (Fsp3) is 0.633. The van der Waals surface area contributed by atoms with Crippen LogP contribution in [0, 0.1) is 23.7 Å². The SMILES string of the molecule is CC(C)OC(=O)N[C@H](C(=O)N1C[C@H](C(C)C)C[C@H]1C(=O)NC(CC1CC1)C(=O)C(=O)O)C1Cc2ccccc2C1. The number of amides is 3. The smallest absolute Gasteiger partial charge is 0.408 e. The molecule has 1 saturated carbocycles. The van der Waals surface area contributed by atoms with Crippen molar-refractivity contribution >= 4 is 29.7 Å². The Kier molecular flexibility index (Phi) is 9.15. The third kappa shape index (κ3) is 7.01. The Bertz CT molecular complexity index is 1120. The molecule has 4 rings (SSSR count). The van der Waals surface area contributed by atoms with Crippen LogP contribution in [0.4, 0.5) is 4.79 Å². The summed E-state index contributed by atoms with van der Waals surface area (Å²) >= 11 is 0. The number of nitrogens with one attached hydrogen (secondary N) is 2. The topological polar surface area (TPSA) is 142 Å². The van der Waals surface area contributed by atoms with E-state index in [0.717, 1.165) is 24.0 Å². The fourth-order valence-corrected chi connectivity index (χ4v) is 5.94. The molecular formula is C30H41N3O7. The molecular weight excluding hydrogens is 514 g/mol. The molecule has 3 aliphatic rings. The zero-order valence-corrected chi connectivity index (χ0v) is 23.7. The minimum Gasteiger partial charge on any atom is -0.475 e. The Morgan fingerprint density at radius 2 is 1.60 bits per heavy atom. The maximum absolute atomic E-state index is 14.2. The summed E-state index contributed by atoms with van der Waals surface area (Å²) in [6.07, 6.45) is 2.59. The molecule has 1 heterocycles. The number of ketones is 1. The summed E-state index contributed by atoms with van der Waals surface area (Å²) in [5, 5.41) is 14.8. The molecule has 0 bridgehead atoms. The fourth-order valence-electron chi connectivity index (χ4n) is 5.94. The number of Topliss-reactive ketones (excluding diaryl/α,β-unsaturated/α-hetero) is 1. The maximum atomic E-state index is 14.2. The van der Waals surface area contributed by atoms with Crippen LogP contribution < -0.4 is 10.6 Å². The number of carboxylic acids is 1. The summed E-state index contributed by atoms with van der Waals surface area (Å²) < 4.78 is 5.31. The van der Waals surface area contributed by atoms with E-state index in [0.29, 0.717) is 25.8 Å². The number of alkyl carbamates (subject to hydrolysis) is 1. The van der Waals surface area contributed by atoms with Gasteiger partial charge in [0.05, 0.1) is 12.1 Å². The number of carbonyl (C=O) groups is 5. The van der Waals surface area contributed by atoms with Crippen molar-refractivity contribution in [3.05, 3.63) is 35.4 Å². The number of aliphatic carboxylic acids is 1. The Morgan fingerprint density at radius 1 is 0.975 bits per heavy atom. The lowest BCUT2D eigenvalue weighted by Crippen LogP contribution is -2.57. The van der Waals surface area contributed by atoms with Crippen LogP contribution in [-0.4, -0.2) is 70.4 Å². The number of ether oxygens (including phenoxy) is 1. The van der Waals surface area contributed by atoms with Gasteiger partial charge in [-0.05, 0) is 74.3 Å². The van der Waals surface area contributed by atoms with Crippen LogP contribution in [0.25, 0.3) is 0 Å². The number of likely N-dealkylation sites (tertiary alicyclic amines) is 1. The summed E-state index contributed by atoms with van der Waals surface area (Å²) in [5.41, 5.74) is 2.24. The van der Waals surface area contributed by atoms with Gasteiger partial charge in [-0.1, -0.05) is 51.0 Å². The van der Waals surface area contributed by atoms with E-state index in [1.54, 1.807) is 13.8 Å². The molecule has 1 aromatic rings. The molecule has 4 atom stereocenters. The predicted octanol–water partition coefficient (Wildman–Crippen LogP) is 2.72. The zero-order chi connectivity index (χ0) is 29.1. The van der Waals surface area contributed by atoms with Crippen molar-refractivity contribution in [2.24, 2.45) is 23.7 Å². The van der Waals surface area contributed by atoms with E-state index in [9.17, 15) is 29.1 Å². The van der Waals surface area contributed by atoms with Gasteiger partial charge in [-0.25, -0.2) is 9.59 Å². The lowest BCUT2D eigenvalue weighted by atomic mass is 9.93. The Labute approximate surface area is 235 Å². The number of nitrogens with zero attached hydrogens (tertiary/aromatic N) is 1. The van der Waals surface area contributed by atoms with Gasteiger partial charge in [0.1, 0.15) is 12.1 Å².